The SMILES string of the molecule is CCCCCCCCCC/C=C/C(O)C(CO)NC(=O)CCCCCCCCCCCCCCCCC/C=C\C/C=C\CCCCCCCCCCCOC(=O)CCCCCCCCCCCCCCCCCCCCC. The van der Waals surface area contributed by atoms with Gasteiger partial charge in [0.1, 0.15) is 0 Å². The van der Waals surface area contributed by atoms with Crippen molar-refractivity contribution in [2.24, 2.45) is 0 Å². The third-order valence-electron chi connectivity index (χ3n) is 16.2. The molecule has 0 aliphatic rings. The lowest BCUT2D eigenvalue weighted by molar-refractivity contribution is -0.143. The lowest BCUT2D eigenvalue weighted by Gasteiger charge is -2.20. The van der Waals surface area contributed by atoms with Crippen molar-refractivity contribution < 1.29 is 24.5 Å². The van der Waals surface area contributed by atoms with Crippen LogP contribution in [0, 0.1) is 0 Å². The van der Waals surface area contributed by atoms with Gasteiger partial charge in [-0.05, 0) is 64.2 Å². The molecule has 0 fully saturated rings. The molecule has 0 aromatic rings. The van der Waals surface area contributed by atoms with Crippen LogP contribution in [-0.2, 0) is 14.3 Å². The van der Waals surface area contributed by atoms with Crippen LogP contribution in [0.25, 0.3) is 0 Å². The predicted molar refractivity (Wildman–Crippen MR) is 338 cm³/mol. The Morgan fingerprint density at radius 3 is 0.987 bits per heavy atom. The van der Waals surface area contributed by atoms with Gasteiger partial charge in [-0.2, -0.15) is 0 Å². The number of aliphatic hydroxyl groups is 2. The van der Waals surface area contributed by atoms with Crippen molar-refractivity contribution in [3.8, 4) is 0 Å². The molecule has 0 aromatic carbocycles. The van der Waals surface area contributed by atoms with E-state index >= 15 is 0 Å². The zero-order valence-electron chi connectivity index (χ0n) is 52.0. The van der Waals surface area contributed by atoms with Gasteiger partial charge in [-0.3, -0.25) is 9.59 Å². The fourth-order valence-corrected chi connectivity index (χ4v) is 10.8. The molecule has 0 aliphatic heterocycles. The van der Waals surface area contributed by atoms with Crippen molar-refractivity contribution in [1.29, 1.82) is 0 Å². The minimum atomic E-state index is -0.842. The molecule has 0 aromatic heterocycles. The van der Waals surface area contributed by atoms with Crippen molar-refractivity contribution in [2.75, 3.05) is 13.2 Å². The number of ether oxygens (including phenoxy) is 1. The van der Waals surface area contributed by atoms with Crippen LogP contribution >= 0.6 is 0 Å². The second-order valence-corrected chi connectivity index (χ2v) is 23.9. The molecule has 454 valence electrons. The summed E-state index contributed by atoms with van der Waals surface area (Å²) in [5.41, 5.74) is 0. The number of esters is 1. The van der Waals surface area contributed by atoms with Crippen LogP contribution in [0.1, 0.15) is 380 Å². The van der Waals surface area contributed by atoms with E-state index in [1.54, 1.807) is 6.08 Å². The normalized spacial score (nSPS) is 12.7. The van der Waals surface area contributed by atoms with Crippen LogP contribution in [0.2, 0.25) is 0 Å². The van der Waals surface area contributed by atoms with E-state index in [0.29, 0.717) is 19.4 Å². The summed E-state index contributed by atoms with van der Waals surface area (Å²) >= 11 is 0. The number of hydrogen-bond donors (Lipinski definition) is 3. The number of aliphatic hydroxyl groups excluding tert-OH is 2. The molecule has 6 nitrogen and oxygen atoms in total. The number of hydrogen-bond acceptors (Lipinski definition) is 5. The predicted octanol–water partition coefficient (Wildman–Crippen LogP) is 22.3. The average Bonchev–Trinajstić information content (AvgIpc) is 3.43. The Morgan fingerprint density at radius 2 is 0.649 bits per heavy atom. The van der Waals surface area contributed by atoms with Gasteiger partial charge in [-0.1, -0.05) is 339 Å². The van der Waals surface area contributed by atoms with Gasteiger partial charge in [0.2, 0.25) is 5.91 Å². The first-order valence-electron chi connectivity index (χ1n) is 34.8. The van der Waals surface area contributed by atoms with Gasteiger partial charge in [0, 0.05) is 12.8 Å². The highest BCUT2D eigenvalue weighted by Gasteiger charge is 2.18. The second-order valence-electron chi connectivity index (χ2n) is 23.9. The summed E-state index contributed by atoms with van der Waals surface area (Å²) in [4.78, 5) is 24.5. The zero-order chi connectivity index (χ0) is 55.7. The molecular formula is C71H135NO5. The minimum absolute atomic E-state index is 0.0180. The Kier molecular flexibility index (Phi) is 64.9. The molecule has 0 rings (SSSR count). The van der Waals surface area contributed by atoms with Crippen molar-refractivity contribution in [3.05, 3.63) is 36.5 Å². The van der Waals surface area contributed by atoms with Gasteiger partial charge in [-0.25, -0.2) is 0 Å². The van der Waals surface area contributed by atoms with Gasteiger partial charge in [0.25, 0.3) is 0 Å². The summed E-state index contributed by atoms with van der Waals surface area (Å²) in [7, 11) is 0. The quantitative estimate of drug-likeness (QED) is 0.0320. The molecule has 0 spiro atoms. The van der Waals surface area contributed by atoms with Gasteiger partial charge in [-0.15, -0.1) is 0 Å². The van der Waals surface area contributed by atoms with E-state index in [-0.39, 0.29) is 18.5 Å². The van der Waals surface area contributed by atoms with Gasteiger partial charge >= 0.3 is 5.97 Å². The molecule has 0 saturated heterocycles. The summed E-state index contributed by atoms with van der Waals surface area (Å²) in [5.74, 6) is -0.0503. The second kappa shape index (κ2) is 66.6. The third kappa shape index (κ3) is 63.1. The lowest BCUT2D eigenvalue weighted by Crippen LogP contribution is -2.45. The van der Waals surface area contributed by atoms with Crippen molar-refractivity contribution in [2.45, 2.75) is 392 Å². The highest BCUT2D eigenvalue weighted by atomic mass is 16.5. The third-order valence-corrected chi connectivity index (χ3v) is 16.2. The summed E-state index contributed by atoms with van der Waals surface area (Å²) in [6.45, 7) is 4.91. The van der Waals surface area contributed by atoms with E-state index in [2.05, 4.69) is 43.5 Å². The molecule has 77 heavy (non-hydrogen) atoms. The molecular weight excluding hydrogens is 947 g/mol. The molecule has 0 radical (unpaired) electrons. The van der Waals surface area contributed by atoms with E-state index in [9.17, 15) is 19.8 Å². The Labute approximate surface area is 481 Å². The Morgan fingerprint density at radius 1 is 0.364 bits per heavy atom. The Balaban J connectivity index is 3.36. The van der Waals surface area contributed by atoms with E-state index in [0.717, 1.165) is 44.9 Å². The van der Waals surface area contributed by atoms with E-state index < -0.39 is 12.1 Å². The smallest absolute Gasteiger partial charge is 0.305 e. The van der Waals surface area contributed by atoms with E-state index in [4.69, 9.17) is 4.74 Å². The summed E-state index contributed by atoms with van der Waals surface area (Å²) in [5, 5.41) is 23.0. The summed E-state index contributed by atoms with van der Waals surface area (Å²) < 4.78 is 5.51. The number of allylic oxidation sites excluding steroid dienone is 5. The first-order valence-corrected chi connectivity index (χ1v) is 34.8. The number of carbonyl (C=O) groups is 2. The highest BCUT2D eigenvalue weighted by molar-refractivity contribution is 5.76. The van der Waals surface area contributed by atoms with Gasteiger partial charge < -0.3 is 20.3 Å². The van der Waals surface area contributed by atoms with Crippen LogP contribution in [0.5, 0.6) is 0 Å². The van der Waals surface area contributed by atoms with Crippen molar-refractivity contribution in [1.82, 2.24) is 5.32 Å². The molecule has 0 saturated carbocycles. The molecule has 0 heterocycles. The number of carbonyl (C=O) groups excluding carboxylic acids is 2. The topological polar surface area (TPSA) is 95.9 Å². The maximum Gasteiger partial charge on any atom is 0.305 e. The molecule has 2 atom stereocenters. The van der Waals surface area contributed by atoms with Gasteiger partial charge in [0.15, 0.2) is 0 Å². The highest BCUT2D eigenvalue weighted by Crippen LogP contribution is 2.18. The molecule has 2 unspecified atom stereocenters. The molecule has 3 N–H and O–H groups in total. The maximum atomic E-state index is 12.4. The van der Waals surface area contributed by atoms with Gasteiger partial charge in [0.05, 0.1) is 25.4 Å². The van der Waals surface area contributed by atoms with Crippen LogP contribution in [0.4, 0.5) is 0 Å². The molecule has 6 heteroatoms. The molecule has 0 bridgehead atoms. The fraction of sp³-hybridized carbons (Fsp3) is 0.887. The number of unbranched alkanes of at least 4 members (excludes halogenated alkanes) is 50. The lowest BCUT2D eigenvalue weighted by atomic mass is 10.0. The number of amides is 1. The molecule has 0 aliphatic carbocycles. The summed E-state index contributed by atoms with van der Waals surface area (Å²) in [6, 6.07) is -0.626. The first kappa shape index (κ1) is 75.1. The average molecular weight is 1080 g/mol. The van der Waals surface area contributed by atoms with E-state index in [1.165, 1.54) is 308 Å². The van der Waals surface area contributed by atoms with Crippen LogP contribution in [-0.4, -0.2) is 47.4 Å². The van der Waals surface area contributed by atoms with Crippen LogP contribution in [0.3, 0.4) is 0 Å². The standard InChI is InChI=1S/C71H135NO5/c1-3-5-7-9-11-13-15-16-17-18-32-36-39-42-45-49-53-57-61-65-71(76)77-66-62-58-54-50-46-43-40-37-34-31-29-27-25-23-21-19-20-22-24-26-28-30-33-35-38-41-44-48-52-56-60-64-70(75)72-68(67-73)69(74)63-59-55-51-47-14-12-10-8-6-4-2/h21,23,27,29,59,63,68-69,73-74H,3-20,22,24-26,28,30-58,60-62,64-67H2,1-2H3,(H,72,75)/b23-21-,29-27-,63-59+. The van der Waals surface area contributed by atoms with Crippen LogP contribution < -0.4 is 5.32 Å². The van der Waals surface area contributed by atoms with Crippen molar-refractivity contribution in [3.63, 3.8) is 0 Å². The van der Waals surface area contributed by atoms with Crippen LogP contribution in [0.15, 0.2) is 36.5 Å². The molecule has 1 amide bonds. The zero-order valence-corrected chi connectivity index (χ0v) is 52.0. The number of nitrogens with one attached hydrogen (secondary N) is 1. The largest absolute Gasteiger partial charge is 0.466 e. The first-order chi connectivity index (χ1) is 38.0. The minimum Gasteiger partial charge on any atom is -0.466 e. The number of rotatable bonds is 65. The monoisotopic (exact) mass is 1080 g/mol. The fourth-order valence-electron chi connectivity index (χ4n) is 10.8. The Hall–Kier alpha value is -1.92. The van der Waals surface area contributed by atoms with E-state index in [1.807, 2.05) is 6.08 Å². The Bertz CT molecular complexity index is 1250. The maximum absolute atomic E-state index is 12.4. The van der Waals surface area contributed by atoms with Crippen molar-refractivity contribution >= 4 is 11.9 Å². The summed E-state index contributed by atoms with van der Waals surface area (Å²) in [6.07, 6.45) is 85.2.